The van der Waals surface area contributed by atoms with E-state index in [0.717, 1.165) is 18.0 Å². The minimum atomic E-state index is -0.250. The van der Waals surface area contributed by atoms with Gasteiger partial charge in [-0.05, 0) is 45.0 Å². The number of para-hydroxylation sites is 1. The maximum Gasteiger partial charge on any atom is 0.290 e. The fourth-order valence-electron chi connectivity index (χ4n) is 4.17. The van der Waals surface area contributed by atoms with Crippen LogP contribution >= 0.6 is 0 Å². The van der Waals surface area contributed by atoms with Crippen molar-refractivity contribution in [3.8, 4) is 11.5 Å². The average Bonchev–Trinajstić information content (AvgIpc) is 3.01. The molecule has 0 aliphatic carbocycles. The molecular weight excluding hydrogens is 344 g/mol. The van der Waals surface area contributed by atoms with Crippen LogP contribution in [0.2, 0.25) is 0 Å². The van der Waals surface area contributed by atoms with E-state index in [-0.39, 0.29) is 6.47 Å². The molecule has 152 valence electrons. The lowest BCUT2D eigenvalue weighted by Crippen LogP contribution is -2.34. The summed E-state index contributed by atoms with van der Waals surface area (Å²) in [6.45, 7) is 7.09. The molecule has 1 aromatic rings. The molecule has 2 saturated heterocycles. The van der Waals surface area contributed by atoms with E-state index >= 15 is 0 Å². The van der Waals surface area contributed by atoms with E-state index in [1.807, 2.05) is 6.07 Å². The van der Waals surface area contributed by atoms with Crippen LogP contribution < -0.4 is 9.47 Å². The summed E-state index contributed by atoms with van der Waals surface area (Å²) in [6.07, 6.45) is 6.80. The number of nitrogens with zero attached hydrogens (tertiary/aromatic N) is 2. The van der Waals surface area contributed by atoms with Crippen molar-refractivity contribution >= 4 is 6.47 Å². The quantitative estimate of drug-likeness (QED) is 0.768. The lowest BCUT2D eigenvalue weighted by molar-refractivity contribution is -0.122. The third-order valence-corrected chi connectivity index (χ3v) is 5.58. The highest BCUT2D eigenvalue weighted by molar-refractivity contribution is 5.48. The highest BCUT2D eigenvalue weighted by Gasteiger charge is 2.27. The van der Waals surface area contributed by atoms with Gasteiger partial charge in [-0.2, -0.15) is 0 Å². The molecule has 3 rings (SSSR count). The maximum atomic E-state index is 8.36. The Bertz CT molecular complexity index is 559. The number of rotatable bonds is 6. The van der Waals surface area contributed by atoms with Crippen molar-refractivity contribution in [1.29, 1.82) is 0 Å². The normalized spacial score (nSPS) is 21.0. The SMILES string of the molecule is COc1cccc(C2CCN(CCN3CCCCCC3)C2)c1OC.O=CO. The molecular formula is C21H34N2O4. The molecule has 6 nitrogen and oxygen atoms in total. The molecule has 27 heavy (non-hydrogen) atoms. The van der Waals surface area contributed by atoms with E-state index in [1.54, 1.807) is 14.2 Å². The van der Waals surface area contributed by atoms with Gasteiger partial charge in [-0.1, -0.05) is 25.0 Å². The van der Waals surface area contributed by atoms with Gasteiger partial charge in [0.15, 0.2) is 11.5 Å². The molecule has 2 aliphatic heterocycles. The molecule has 0 saturated carbocycles. The van der Waals surface area contributed by atoms with Gasteiger partial charge in [0.05, 0.1) is 14.2 Å². The van der Waals surface area contributed by atoms with Crippen LogP contribution in [0.25, 0.3) is 0 Å². The fraction of sp³-hybridized carbons (Fsp3) is 0.667. The van der Waals surface area contributed by atoms with Crippen LogP contribution in [0.15, 0.2) is 18.2 Å². The second-order valence-corrected chi connectivity index (χ2v) is 7.23. The van der Waals surface area contributed by atoms with Crippen molar-refractivity contribution in [3.63, 3.8) is 0 Å². The minimum absolute atomic E-state index is 0.250. The van der Waals surface area contributed by atoms with Crippen LogP contribution in [-0.2, 0) is 4.79 Å². The zero-order chi connectivity index (χ0) is 19.5. The van der Waals surface area contributed by atoms with Crippen LogP contribution in [0.3, 0.4) is 0 Å². The van der Waals surface area contributed by atoms with Gasteiger partial charge in [0.2, 0.25) is 0 Å². The Labute approximate surface area is 163 Å². The number of hydrogen-bond donors (Lipinski definition) is 1. The summed E-state index contributed by atoms with van der Waals surface area (Å²) in [5, 5.41) is 6.89. The van der Waals surface area contributed by atoms with Gasteiger partial charge >= 0.3 is 0 Å². The second-order valence-electron chi connectivity index (χ2n) is 7.23. The first-order valence-electron chi connectivity index (χ1n) is 9.97. The predicted molar refractivity (Wildman–Crippen MR) is 107 cm³/mol. The lowest BCUT2D eigenvalue weighted by atomic mass is 9.97. The summed E-state index contributed by atoms with van der Waals surface area (Å²) < 4.78 is 11.1. The number of ether oxygens (including phenoxy) is 2. The summed E-state index contributed by atoms with van der Waals surface area (Å²) in [5.74, 6) is 2.32. The van der Waals surface area contributed by atoms with E-state index < -0.39 is 0 Å². The van der Waals surface area contributed by atoms with Crippen molar-refractivity contribution in [2.75, 3.05) is 53.5 Å². The van der Waals surface area contributed by atoms with E-state index in [2.05, 4.69) is 21.9 Å². The molecule has 2 aliphatic rings. The molecule has 0 radical (unpaired) electrons. The molecule has 1 aromatic carbocycles. The average molecular weight is 379 g/mol. The molecule has 0 amide bonds. The molecule has 0 spiro atoms. The van der Waals surface area contributed by atoms with Gasteiger partial charge in [0, 0.05) is 31.1 Å². The van der Waals surface area contributed by atoms with E-state index in [0.29, 0.717) is 5.92 Å². The lowest BCUT2D eigenvalue weighted by Gasteiger charge is -2.24. The van der Waals surface area contributed by atoms with Crippen molar-refractivity contribution in [1.82, 2.24) is 9.80 Å². The largest absolute Gasteiger partial charge is 0.493 e. The molecule has 1 atom stereocenters. The summed E-state index contributed by atoms with van der Waals surface area (Å²) in [7, 11) is 3.46. The summed E-state index contributed by atoms with van der Waals surface area (Å²) in [6, 6.07) is 6.26. The first-order chi connectivity index (χ1) is 13.2. The van der Waals surface area contributed by atoms with Crippen LogP contribution in [0.5, 0.6) is 11.5 Å². The maximum absolute atomic E-state index is 8.36. The van der Waals surface area contributed by atoms with Gasteiger partial charge in [-0.3, -0.25) is 4.79 Å². The Morgan fingerprint density at radius 1 is 1.04 bits per heavy atom. The van der Waals surface area contributed by atoms with E-state index in [1.165, 1.54) is 70.4 Å². The molecule has 2 fully saturated rings. The topological polar surface area (TPSA) is 62.2 Å². The molecule has 1 unspecified atom stereocenters. The standard InChI is InChI=1S/C20H32N2O2.CH2O2/c1-23-19-9-7-8-18(20(19)24-2)17-10-13-22(16-17)15-14-21-11-5-3-4-6-12-21;2-1-3/h7-9,17H,3-6,10-16H2,1-2H3;1H,(H,2,3). The van der Waals surface area contributed by atoms with E-state index in [9.17, 15) is 0 Å². The first-order valence-corrected chi connectivity index (χ1v) is 9.97. The first kappa shape index (κ1) is 21.5. The van der Waals surface area contributed by atoms with Gasteiger partial charge < -0.3 is 24.4 Å². The Morgan fingerprint density at radius 2 is 1.70 bits per heavy atom. The number of benzene rings is 1. The Hall–Kier alpha value is -1.79. The zero-order valence-electron chi connectivity index (χ0n) is 16.7. The molecule has 2 heterocycles. The van der Waals surface area contributed by atoms with E-state index in [4.69, 9.17) is 19.4 Å². The van der Waals surface area contributed by atoms with Gasteiger partial charge in [-0.25, -0.2) is 0 Å². The van der Waals surface area contributed by atoms with Crippen LogP contribution in [0, 0.1) is 0 Å². The third kappa shape index (κ3) is 6.40. The molecule has 0 aromatic heterocycles. The van der Waals surface area contributed by atoms with Crippen molar-refractivity contribution in [2.24, 2.45) is 0 Å². The fourth-order valence-corrected chi connectivity index (χ4v) is 4.17. The Kier molecular flexibility index (Phi) is 9.42. The monoisotopic (exact) mass is 378 g/mol. The summed E-state index contributed by atoms with van der Waals surface area (Å²) in [4.78, 5) is 13.6. The van der Waals surface area contributed by atoms with Crippen LogP contribution in [-0.4, -0.2) is 74.9 Å². The third-order valence-electron chi connectivity index (χ3n) is 5.58. The highest BCUT2D eigenvalue weighted by atomic mass is 16.5. The molecule has 1 N–H and O–H groups in total. The van der Waals surface area contributed by atoms with Crippen molar-refractivity contribution < 1.29 is 19.4 Å². The summed E-state index contributed by atoms with van der Waals surface area (Å²) in [5.41, 5.74) is 1.30. The minimum Gasteiger partial charge on any atom is -0.493 e. The van der Waals surface area contributed by atoms with Crippen molar-refractivity contribution in [2.45, 2.75) is 38.0 Å². The number of carboxylic acid groups (broad SMARTS) is 1. The zero-order valence-corrected chi connectivity index (χ0v) is 16.7. The van der Waals surface area contributed by atoms with Gasteiger partial charge in [0.25, 0.3) is 6.47 Å². The highest BCUT2D eigenvalue weighted by Crippen LogP contribution is 2.39. The van der Waals surface area contributed by atoms with Gasteiger partial charge in [-0.15, -0.1) is 0 Å². The number of methoxy groups -OCH3 is 2. The predicted octanol–water partition coefficient (Wildman–Crippen LogP) is 3.07. The number of hydrogen-bond acceptors (Lipinski definition) is 5. The van der Waals surface area contributed by atoms with Crippen LogP contribution in [0.4, 0.5) is 0 Å². The van der Waals surface area contributed by atoms with Crippen molar-refractivity contribution in [3.05, 3.63) is 23.8 Å². The Morgan fingerprint density at radius 3 is 2.33 bits per heavy atom. The van der Waals surface area contributed by atoms with Crippen LogP contribution in [0.1, 0.15) is 43.6 Å². The Balaban J connectivity index is 0.000000817. The summed E-state index contributed by atoms with van der Waals surface area (Å²) >= 11 is 0. The number of carbonyl (C=O) groups is 1. The smallest absolute Gasteiger partial charge is 0.290 e. The number of likely N-dealkylation sites (tertiary alicyclic amines) is 2. The van der Waals surface area contributed by atoms with Gasteiger partial charge in [0.1, 0.15) is 0 Å². The molecule has 6 heteroatoms. The second kappa shape index (κ2) is 11.8. The molecule has 0 bridgehead atoms.